The van der Waals surface area contributed by atoms with E-state index in [2.05, 4.69) is 20.9 Å². The predicted octanol–water partition coefficient (Wildman–Crippen LogP) is 2.39. The Hall–Kier alpha value is -1.20. The molecule has 2 aromatic rings. The Morgan fingerprint density at radius 1 is 1.18 bits per heavy atom. The number of halogens is 1. The maximum absolute atomic E-state index is 9.47. The van der Waals surface area contributed by atoms with E-state index in [4.69, 9.17) is 11.6 Å². The molecule has 0 bridgehead atoms. The van der Waals surface area contributed by atoms with Gasteiger partial charge in [-0.05, 0) is 30.7 Å². The maximum Gasteiger partial charge on any atom is 0.0761 e. The zero-order valence-electron chi connectivity index (χ0n) is 12.9. The van der Waals surface area contributed by atoms with Crippen LogP contribution in [-0.2, 0) is 6.54 Å². The van der Waals surface area contributed by atoms with Gasteiger partial charge in [-0.25, -0.2) is 0 Å². The van der Waals surface area contributed by atoms with Gasteiger partial charge in [0.1, 0.15) is 0 Å². The monoisotopic (exact) mass is 319 g/mol. The van der Waals surface area contributed by atoms with Gasteiger partial charge in [-0.15, -0.1) is 0 Å². The lowest BCUT2D eigenvalue weighted by Gasteiger charge is -2.35. The highest BCUT2D eigenvalue weighted by Gasteiger charge is 2.19. The van der Waals surface area contributed by atoms with Crippen molar-refractivity contribution in [3.05, 3.63) is 41.0 Å². The second-order valence-corrected chi connectivity index (χ2v) is 6.44. The van der Waals surface area contributed by atoms with Crippen LogP contribution < -0.4 is 0 Å². The van der Waals surface area contributed by atoms with E-state index in [1.54, 1.807) is 0 Å². The minimum atomic E-state index is -0.254. The number of fused-ring (bicyclic) bond motifs is 1. The fraction of sp³-hybridized carbons (Fsp3) is 0.471. The van der Waals surface area contributed by atoms with Crippen molar-refractivity contribution in [2.24, 2.45) is 0 Å². The van der Waals surface area contributed by atoms with E-state index >= 15 is 0 Å². The smallest absolute Gasteiger partial charge is 0.0761 e. The van der Waals surface area contributed by atoms with Gasteiger partial charge < -0.3 is 5.11 Å². The van der Waals surface area contributed by atoms with Crippen LogP contribution in [0.2, 0.25) is 5.02 Å². The molecule has 1 fully saturated rings. The zero-order chi connectivity index (χ0) is 15.5. The summed E-state index contributed by atoms with van der Waals surface area (Å²) in [6, 6.07) is 7.99. The minimum absolute atomic E-state index is 0.254. The third-order valence-corrected chi connectivity index (χ3v) is 4.51. The molecule has 22 heavy (non-hydrogen) atoms. The van der Waals surface area contributed by atoms with Gasteiger partial charge in [0.25, 0.3) is 0 Å². The molecule has 1 aromatic carbocycles. The van der Waals surface area contributed by atoms with E-state index in [0.717, 1.165) is 55.2 Å². The van der Waals surface area contributed by atoms with Crippen molar-refractivity contribution >= 4 is 22.5 Å². The Kier molecular flexibility index (Phi) is 4.93. The molecule has 3 rings (SSSR count). The number of aromatic nitrogens is 1. The van der Waals surface area contributed by atoms with Gasteiger partial charge in [-0.2, -0.15) is 0 Å². The summed E-state index contributed by atoms with van der Waals surface area (Å²) in [6.45, 7) is 7.55. The van der Waals surface area contributed by atoms with Crippen molar-refractivity contribution in [3.8, 4) is 0 Å². The number of aliphatic hydroxyl groups is 1. The van der Waals surface area contributed by atoms with E-state index in [1.165, 1.54) is 5.56 Å². The Balaban J connectivity index is 1.69. The highest BCUT2D eigenvalue weighted by atomic mass is 35.5. The first-order valence-electron chi connectivity index (χ1n) is 7.78. The average molecular weight is 320 g/mol. The van der Waals surface area contributed by atoms with Crippen molar-refractivity contribution in [2.75, 3.05) is 32.7 Å². The highest BCUT2D eigenvalue weighted by molar-refractivity contribution is 6.35. The largest absolute Gasteiger partial charge is 0.392 e. The van der Waals surface area contributed by atoms with Crippen LogP contribution in [0.25, 0.3) is 10.9 Å². The summed E-state index contributed by atoms with van der Waals surface area (Å²) in [7, 11) is 0. The second kappa shape index (κ2) is 6.92. The molecule has 1 aliphatic heterocycles. The SMILES string of the molecule is C[C@@H](O)CN1CCN(Cc2ccc(Cl)c3cccnc23)CC1. The molecule has 118 valence electrons. The minimum Gasteiger partial charge on any atom is -0.392 e. The Labute approximate surface area is 136 Å². The molecule has 1 N–H and O–H groups in total. The summed E-state index contributed by atoms with van der Waals surface area (Å²) in [6.07, 6.45) is 1.57. The van der Waals surface area contributed by atoms with Crippen LogP contribution >= 0.6 is 11.6 Å². The molecule has 0 amide bonds. The first kappa shape index (κ1) is 15.7. The maximum atomic E-state index is 9.47. The topological polar surface area (TPSA) is 39.6 Å². The second-order valence-electron chi connectivity index (χ2n) is 6.03. The number of hydrogen-bond donors (Lipinski definition) is 1. The van der Waals surface area contributed by atoms with Crippen LogP contribution in [0, 0.1) is 0 Å². The fourth-order valence-electron chi connectivity index (χ4n) is 3.07. The molecule has 1 atom stereocenters. The van der Waals surface area contributed by atoms with Gasteiger partial charge in [-0.1, -0.05) is 17.7 Å². The molecule has 1 aromatic heterocycles. The summed E-state index contributed by atoms with van der Waals surface area (Å²) in [4.78, 5) is 9.27. The molecular formula is C17H22ClN3O. The normalized spacial score (nSPS) is 18.7. The van der Waals surface area contributed by atoms with Crippen molar-refractivity contribution in [1.82, 2.24) is 14.8 Å². The fourth-order valence-corrected chi connectivity index (χ4v) is 3.28. The van der Waals surface area contributed by atoms with Gasteiger partial charge >= 0.3 is 0 Å². The van der Waals surface area contributed by atoms with E-state index in [0.29, 0.717) is 0 Å². The zero-order valence-corrected chi connectivity index (χ0v) is 13.6. The van der Waals surface area contributed by atoms with Crippen LogP contribution in [0.5, 0.6) is 0 Å². The van der Waals surface area contributed by atoms with Crippen LogP contribution in [-0.4, -0.2) is 58.7 Å². The van der Waals surface area contributed by atoms with E-state index in [1.807, 2.05) is 31.3 Å². The lowest BCUT2D eigenvalue weighted by Crippen LogP contribution is -2.47. The summed E-state index contributed by atoms with van der Waals surface area (Å²) in [5.74, 6) is 0. The Morgan fingerprint density at radius 2 is 1.91 bits per heavy atom. The van der Waals surface area contributed by atoms with E-state index < -0.39 is 0 Å². The van der Waals surface area contributed by atoms with Crippen LogP contribution in [0.3, 0.4) is 0 Å². The third kappa shape index (κ3) is 3.58. The molecule has 0 spiro atoms. The Morgan fingerprint density at radius 3 is 2.64 bits per heavy atom. The van der Waals surface area contributed by atoms with Crippen LogP contribution in [0.1, 0.15) is 12.5 Å². The molecule has 4 nitrogen and oxygen atoms in total. The number of pyridine rings is 1. The molecule has 2 heterocycles. The number of β-amino-alcohol motifs (C(OH)–C–C–N with tert-alkyl or cyclic N) is 1. The van der Waals surface area contributed by atoms with Crippen molar-refractivity contribution in [3.63, 3.8) is 0 Å². The van der Waals surface area contributed by atoms with Crippen molar-refractivity contribution < 1.29 is 5.11 Å². The lowest BCUT2D eigenvalue weighted by molar-refractivity contribution is 0.0782. The summed E-state index contributed by atoms with van der Waals surface area (Å²) >= 11 is 6.26. The number of rotatable bonds is 4. The Bertz CT molecular complexity index is 639. The molecular weight excluding hydrogens is 298 g/mol. The molecule has 0 unspecified atom stereocenters. The van der Waals surface area contributed by atoms with Gasteiger partial charge in [0, 0.05) is 55.9 Å². The van der Waals surface area contributed by atoms with Gasteiger partial charge in [0.2, 0.25) is 0 Å². The van der Waals surface area contributed by atoms with Crippen molar-refractivity contribution in [1.29, 1.82) is 0 Å². The van der Waals surface area contributed by atoms with Crippen molar-refractivity contribution in [2.45, 2.75) is 19.6 Å². The molecule has 0 aliphatic carbocycles. The predicted molar refractivity (Wildman–Crippen MR) is 90.2 cm³/mol. The van der Waals surface area contributed by atoms with Crippen LogP contribution in [0.15, 0.2) is 30.5 Å². The number of nitrogens with zero attached hydrogens (tertiary/aromatic N) is 3. The van der Waals surface area contributed by atoms with Gasteiger partial charge in [0.15, 0.2) is 0 Å². The lowest BCUT2D eigenvalue weighted by atomic mass is 10.1. The quantitative estimate of drug-likeness (QED) is 0.939. The van der Waals surface area contributed by atoms with Crippen LogP contribution in [0.4, 0.5) is 0 Å². The summed E-state index contributed by atoms with van der Waals surface area (Å²) < 4.78 is 0. The number of hydrogen-bond acceptors (Lipinski definition) is 4. The molecule has 5 heteroatoms. The number of piperazine rings is 1. The number of benzene rings is 1. The average Bonchev–Trinajstić information content (AvgIpc) is 2.52. The molecule has 0 saturated carbocycles. The molecule has 1 saturated heterocycles. The molecule has 1 aliphatic rings. The van der Waals surface area contributed by atoms with Gasteiger partial charge in [-0.3, -0.25) is 14.8 Å². The third-order valence-electron chi connectivity index (χ3n) is 4.18. The summed E-state index contributed by atoms with van der Waals surface area (Å²) in [5, 5.41) is 11.3. The van der Waals surface area contributed by atoms with E-state index in [-0.39, 0.29) is 6.10 Å². The standard InChI is InChI=1S/C17H22ClN3O/c1-13(22)11-20-7-9-21(10-8-20)12-14-4-5-16(18)15-3-2-6-19-17(14)15/h2-6,13,22H,7-12H2,1H3/t13-/m1/s1. The first-order chi connectivity index (χ1) is 10.6. The van der Waals surface area contributed by atoms with Gasteiger partial charge in [0.05, 0.1) is 11.6 Å². The number of aliphatic hydroxyl groups excluding tert-OH is 1. The summed E-state index contributed by atoms with van der Waals surface area (Å²) in [5.41, 5.74) is 2.23. The molecule has 0 radical (unpaired) electrons. The van der Waals surface area contributed by atoms with E-state index in [9.17, 15) is 5.11 Å². The first-order valence-corrected chi connectivity index (χ1v) is 8.16. The highest BCUT2D eigenvalue weighted by Crippen LogP contribution is 2.25.